The van der Waals surface area contributed by atoms with E-state index < -0.39 is 18.1 Å². The largest absolute Gasteiger partial charge is 0.492 e. The molecular formula is C41H42Cl3N5O7. The van der Waals surface area contributed by atoms with Gasteiger partial charge < -0.3 is 40.2 Å². The lowest BCUT2D eigenvalue weighted by atomic mass is 9.97. The summed E-state index contributed by atoms with van der Waals surface area (Å²) in [6.07, 6.45) is 2.70. The van der Waals surface area contributed by atoms with Gasteiger partial charge in [0.05, 0.1) is 28.4 Å². The fourth-order valence-corrected chi connectivity index (χ4v) is 7.25. The van der Waals surface area contributed by atoms with Gasteiger partial charge >= 0.3 is 5.97 Å². The summed E-state index contributed by atoms with van der Waals surface area (Å²) in [4.78, 5) is 22.5. The number of rotatable bonds is 18. The number of nitrogens with zero attached hydrogens (tertiary/aromatic N) is 3. The van der Waals surface area contributed by atoms with Crippen molar-refractivity contribution in [3.05, 3.63) is 117 Å². The molecule has 1 fully saturated rings. The van der Waals surface area contributed by atoms with Gasteiger partial charge in [-0.05, 0) is 29.8 Å². The molecule has 1 aliphatic rings. The van der Waals surface area contributed by atoms with Gasteiger partial charge in [-0.2, -0.15) is 4.98 Å². The first-order valence-electron chi connectivity index (χ1n) is 18.0. The quantitative estimate of drug-likeness (QED) is 0.0581. The van der Waals surface area contributed by atoms with Crippen LogP contribution >= 0.6 is 34.8 Å². The zero-order valence-electron chi connectivity index (χ0n) is 30.6. The summed E-state index contributed by atoms with van der Waals surface area (Å²) in [6.45, 7) is 2.12. The number of aromatic nitrogens is 2. The number of halogens is 3. The van der Waals surface area contributed by atoms with Gasteiger partial charge in [-0.25, -0.2) is 0 Å². The number of β-amino-alcohol motifs (C(OH)–C–C–N with tert-alkyl or cyclic N) is 1. The van der Waals surface area contributed by atoms with Crippen LogP contribution in [0, 0.1) is 0 Å². The van der Waals surface area contributed by atoms with Crippen LogP contribution in [0.1, 0.15) is 23.1 Å². The highest BCUT2D eigenvalue weighted by Gasteiger charge is 2.36. The van der Waals surface area contributed by atoms with E-state index >= 15 is 0 Å². The minimum atomic E-state index is -1.02. The van der Waals surface area contributed by atoms with E-state index in [1.807, 2.05) is 66.7 Å². The molecule has 0 aliphatic carbocycles. The van der Waals surface area contributed by atoms with E-state index in [2.05, 4.69) is 20.6 Å². The number of anilines is 1. The molecule has 12 nitrogen and oxygen atoms in total. The molecule has 1 aliphatic heterocycles. The van der Waals surface area contributed by atoms with E-state index in [1.54, 1.807) is 30.4 Å². The van der Waals surface area contributed by atoms with Crippen LogP contribution in [0.15, 0.2) is 85.2 Å². The van der Waals surface area contributed by atoms with Crippen molar-refractivity contribution < 1.29 is 34.3 Å². The number of aliphatic hydroxyl groups is 2. The van der Waals surface area contributed by atoms with Crippen molar-refractivity contribution in [3.63, 3.8) is 0 Å². The highest BCUT2D eigenvalue weighted by atomic mass is 35.5. The lowest BCUT2D eigenvalue weighted by molar-refractivity contribution is -0.142. The lowest BCUT2D eigenvalue weighted by Crippen LogP contribution is -2.35. The van der Waals surface area contributed by atoms with Crippen LogP contribution in [-0.4, -0.2) is 88.2 Å². The van der Waals surface area contributed by atoms with Crippen LogP contribution in [0.4, 0.5) is 5.69 Å². The van der Waals surface area contributed by atoms with Crippen molar-refractivity contribution in [3.8, 4) is 39.8 Å². The predicted molar refractivity (Wildman–Crippen MR) is 217 cm³/mol. The number of aliphatic carboxylic acids is 1. The zero-order valence-corrected chi connectivity index (χ0v) is 32.8. The van der Waals surface area contributed by atoms with Crippen molar-refractivity contribution in [2.24, 2.45) is 0 Å². The monoisotopic (exact) mass is 821 g/mol. The van der Waals surface area contributed by atoms with Crippen molar-refractivity contribution >= 4 is 46.5 Å². The molecule has 0 saturated carbocycles. The maximum atomic E-state index is 12.0. The second-order valence-corrected chi connectivity index (χ2v) is 14.3. The summed E-state index contributed by atoms with van der Waals surface area (Å²) in [6, 6.07) is 21.7. The Balaban J connectivity index is 1.21. The Morgan fingerprint density at radius 3 is 2.36 bits per heavy atom. The molecule has 3 aromatic carbocycles. The first-order valence-corrected chi connectivity index (χ1v) is 19.1. The van der Waals surface area contributed by atoms with Gasteiger partial charge in [-0.3, -0.25) is 14.7 Å². The van der Waals surface area contributed by atoms with Gasteiger partial charge in [-0.15, -0.1) is 0 Å². The third-order valence-electron chi connectivity index (χ3n) is 9.22. The van der Waals surface area contributed by atoms with E-state index in [4.69, 9.17) is 54.1 Å². The Morgan fingerprint density at radius 2 is 1.61 bits per heavy atom. The molecule has 294 valence electrons. The third-order valence-corrected chi connectivity index (χ3v) is 10.3. The van der Waals surface area contributed by atoms with E-state index in [9.17, 15) is 15.0 Å². The number of benzene rings is 3. The number of hydrogen-bond acceptors (Lipinski definition) is 11. The number of nitrogens with one attached hydrogen (secondary N) is 2. The summed E-state index contributed by atoms with van der Waals surface area (Å²) in [5, 5.41) is 36.2. The van der Waals surface area contributed by atoms with Crippen LogP contribution in [0.25, 0.3) is 22.3 Å². The summed E-state index contributed by atoms with van der Waals surface area (Å²) in [5.41, 5.74) is 5.97. The second kappa shape index (κ2) is 19.5. The average Bonchev–Trinajstić information content (AvgIpc) is 3.58. The molecule has 0 radical (unpaired) electrons. The molecule has 15 heteroatoms. The Labute approximate surface area is 339 Å². The van der Waals surface area contributed by atoms with E-state index in [-0.39, 0.29) is 56.1 Å². The number of pyridine rings is 2. The number of carbonyl (C=O) groups is 1. The topological polar surface area (TPSA) is 159 Å². The van der Waals surface area contributed by atoms with E-state index in [0.29, 0.717) is 46.4 Å². The van der Waals surface area contributed by atoms with Crippen LogP contribution in [0.3, 0.4) is 0 Å². The van der Waals surface area contributed by atoms with Crippen LogP contribution in [0.5, 0.6) is 17.5 Å². The number of ether oxygens (including phenoxy) is 3. The standard InChI is InChI=1S/C41H42Cl3N5O7/c1-45-29-16-25(19-47-20-29)23-55-39-28(21-49-22-30(51)18-36(49)41(52)53)17-35(42)40(48-39)56-24-27-4-2-6-33(37(27)43)34-7-3-5-32(38(34)44)26-8-10-31(11-9-26)54-15-13-46-12-14-50/h2-11,16-17,19-20,30,36,45-46,50-51H,12-15,18,21-24H2,1H3,(H,52,53)/t30-,36-/m0/s1. The molecule has 0 bridgehead atoms. The van der Waals surface area contributed by atoms with Gasteiger partial charge in [0.15, 0.2) is 0 Å². The Morgan fingerprint density at radius 1 is 0.875 bits per heavy atom. The van der Waals surface area contributed by atoms with Crippen molar-refractivity contribution in [1.29, 1.82) is 0 Å². The fraction of sp³-hybridized carbons (Fsp3) is 0.293. The molecule has 0 amide bonds. The lowest BCUT2D eigenvalue weighted by Gasteiger charge is -2.22. The van der Waals surface area contributed by atoms with Crippen molar-refractivity contribution in [2.45, 2.75) is 38.3 Å². The molecule has 1 saturated heterocycles. The molecular weight excluding hydrogens is 781 g/mol. The van der Waals surface area contributed by atoms with E-state index in [0.717, 1.165) is 33.7 Å². The first-order chi connectivity index (χ1) is 27.1. The molecule has 2 atom stereocenters. The number of likely N-dealkylation sites (tertiary alicyclic amines) is 1. The number of hydrogen-bond donors (Lipinski definition) is 5. The number of carboxylic acids is 1. The Hall–Kier alpha value is -4.66. The zero-order chi connectivity index (χ0) is 39.6. The molecule has 3 heterocycles. The van der Waals surface area contributed by atoms with Gasteiger partial charge in [-0.1, -0.05) is 83.3 Å². The van der Waals surface area contributed by atoms with Crippen molar-refractivity contribution in [2.75, 3.05) is 45.2 Å². The summed E-state index contributed by atoms with van der Waals surface area (Å²) in [5.74, 6) is -0.00721. The second-order valence-electron chi connectivity index (χ2n) is 13.1. The molecule has 5 N–H and O–H groups in total. The van der Waals surface area contributed by atoms with Crippen LogP contribution < -0.4 is 24.8 Å². The average molecular weight is 823 g/mol. The highest BCUT2D eigenvalue weighted by Crippen LogP contribution is 2.41. The maximum absolute atomic E-state index is 12.0. The normalized spacial score (nSPS) is 15.5. The van der Waals surface area contributed by atoms with Gasteiger partial charge in [0.25, 0.3) is 0 Å². The van der Waals surface area contributed by atoms with E-state index in [1.165, 1.54) is 0 Å². The maximum Gasteiger partial charge on any atom is 0.321 e. The third kappa shape index (κ3) is 10.2. The molecule has 0 spiro atoms. The Bertz CT molecular complexity index is 2120. The van der Waals surface area contributed by atoms with Gasteiger partial charge in [0, 0.05) is 85.4 Å². The van der Waals surface area contributed by atoms with Crippen molar-refractivity contribution in [1.82, 2.24) is 20.2 Å². The van der Waals surface area contributed by atoms with Gasteiger partial charge in [0.2, 0.25) is 11.8 Å². The van der Waals surface area contributed by atoms with Crippen LogP contribution in [0.2, 0.25) is 15.1 Å². The smallest absolute Gasteiger partial charge is 0.321 e. The van der Waals surface area contributed by atoms with Gasteiger partial charge in [0.1, 0.15) is 36.6 Å². The molecule has 0 unspecified atom stereocenters. The summed E-state index contributed by atoms with van der Waals surface area (Å²) >= 11 is 20.8. The summed E-state index contributed by atoms with van der Waals surface area (Å²) in [7, 11) is 1.79. The molecule has 5 aromatic rings. The Kier molecular flexibility index (Phi) is 14.2. The molecule has 2 aromatic heterocycles. The first kappa shape index (κ1) is 41.0. The molecule has 6 rings (SSSR count). The number of aliphatic hydroxyl groups excluding tert-OH is 2. The SMILES string of the molecule is CNc1cncc(COc2nc(OCc3cccc(-c4cccc(-c5ccc(OCCNCCO)cc5)c4Cl)c3Cl)c(Cl)cc2CN2C[C@@H](O)C[C@H]2C(=O)O)c1. The predicted octanol–water partition coefficient (Wildman–Crippen LogP) is 6.95. The minimum Gasteiger partial charge on any atom is -0.492 e. The highest BCUT2D eigenvalue weighted by molar-refractivity contribution is 6.38. The summed E-state index contributed by atoms with van der Waals surface area (Å²) < 4.78 is 18.1. The number of carboxylic acid groups (broad SMARTS) is 1. The van der Waals surface area contributed by atoms with Crippen LogP contribution in [-0.2, 0) is 24.6 Å². The minimum absolute atomic E-state index is 0.0139. The fourth-order valence-electron chi connectivity index (χ4n) is 6.40. The molecule has 56 heavy (non-hydrogen) atoms.